The van der Waals surface area contributed by atoms with Crippen molar-refractivity contribution in [1.82, 2.24) is 0 Å². The average molecular weight is 341 g/mol. The molecule has 2 unspecified atom stereocenters. The molecular formula is C22H44O2. The van der Waals surface area contributed by atoms with Gasteiger partial charge < -0.3 is 9.47 Å². The molecule has 1 saturated carbocycles. The van der Waals surface area contributed by atoms with Crippen molar-refractivity contribution in [3.8, 4) is 0 Å². The molecule has 0 N–H and O–H groups in total. The monoisotopic (exact) mass is 340 g/mol. The number of hydrogen-bond donors (Lipinski definition) is 0. The number of rotatable bonds is 16. The van der Waals surface area contributed by atoms with Gasteiger partial charge in [0.15, 0.2) is 0 Å². The second-order valence-corrected chi connectivity index (χ2v) is 7.69. The largest absolute Gasteiger partial charge is 0.378 e. The highest BCUT2D eigenvalue weighted by Crippen LogP contribution is 2.24. The first-order valence-corrected chi connectivity index (χ1v) is 11.1. The standard InChI is InChI=1S/C22H44O2/c1-3-5-7-9-11-13-18-23-21-16-15-17-22(20-21)24-19-14-12-10-8-6-4-2/h21-22H,3-20H2,1-2H3. The number of hydrogen-bond acceptors (Lipinski definition) is 2. The predicted molar refractivity (Wildman–Crippen MR) is 105 cm³/mol. The molecule has 0 aromatic rings. The first-order chi connectivity index (χ1) is 11.9. The van der Waals surface area contributed by atoms with E-state index in [2.05, 4.69) is 13.8 Å². The van der Waals surface area contributed by atoms with Gasteiger partial charge in [0.05, 0.1) is 12.2 Å². The summed E-state index contributed by atoms with van der Waals surface area (Å²) in [6, 6.07) is 0. The van der Waals surface area contributed by atoms with Crippen LogP contribution >= 0.6 is 0 Å². The lowest BCUT2D eigenvalue weighted by atomic mass is 9.95. The molecule has 24 heavy (non-hydrogen) atoms. The Kier molecular flexibility index (Phi) is 15.0. The summed E-state index contributed by atoms with van der Waals surface area (Å²) in [4.78, 5) is 0. The molecule has 0 radical (unpaired) electrons. The Morgan fingerprint density at radius 2 is 1.00 bits per heavy atom. The van der Waals surface area contributed by atoms with E-state index >= 15 is 0 Å². The van der Waals surface area contributed by atoms with Gasteiger partial charge in [-0.25, -0.2) is 0 Å². The minimum absolute atomic E-state index is 0.462. The van der Waals surface area contributed by atoms with Crippen LogP contribution in [0, 0.1) is 0 Å². The van der Waals surface area contributed by atoms with E-state index in [9.17, 15) is 0 Å². The SMILES string of the molecule is CCCCCCCCOC1CCCC(OCCCCCCCC)C1. The van der Waals surface area contributed by atoms with Gasteiger partial charge in [-0.3, -0.25) is 0 Å². The van der Waals surface area contributed by atoms with Crippen LogP contribution in [0.1, 0.15) is 117 Å². The van der Waals surface area contributed by atoms with Crippen molar-refractivity contribution in [2.75, 3.05) is 13.2 Å². The summed E-state index contributed by atoms with van der Waals surface area (Å²) in [5.41, 5.74) is 0. The fourth-order valence-electron chi connectivity index (χ4n) is 3.67. The quantitative estimate of drug-likeness (QED) is 0.280. The molecule has 2 nitrogen and oxygen atoms in total. The maximum atomic E-state index is 6.11. The van der Waals surface area contributed by atoms with Crippen molar-refractivity contribution < 1.29 is 9.47 Å². The van der Waals surface area contributed by atoms with Crippen molar-refractivity contribution in [1.29, 1.82) is 0 Å². The molecule has 0 amide bonds. The minimum Gasteiger partial charge on any atom is -0.378 e. The van der Waals surface area contributed by atoms with Crippen LogP contribution in [-0.2, 0) is 9.47 Å². The van der Waals surface area contributed by atoms with E-state index in [-0.39, 0.29) is 0 Å². The van der Waals surface area contributed by atoms with Crippen LogP contribution in [0.25, 0.3) is 0 Å². The third kappa shape index (κ3) is 12.3. The molecule has 0 bridgehead atoms. The van der Waals surface area contributed by atoms with E-state index in [0.29, 0.717) is 12.2 Å². The van der Waals surface area contributed by atoms with E-state index in [0.717, 1.165) is 19.6 Å². The third-order valence-corrected chi connectivity index (χ3v) is 5.28. The van der Waals surface area contributed by atoms with Crippen LogP contribution in [0.5, 0.6) is 0 Å². The molecule has 144 valence electrons. The van der Waals surface area contributed by atoms with Gasteiger partial charge in [-0.15, -0.1) is 0 Å². The first kappa shape index (κ1) is 22.0. The fraction of sp³-hybridized carbons (Fsp3) is 1.00. The van der Waals surface area contributed by atoms with Crippen molar-refractivity contribution >= 4 is 0 Å². The zero-order valence-electron chi connectivity index (χ0n) is 16.7. The summed E-state index contributed by atoms with van der Waals surface area (Å²) < 4.78 is 12.2. The highest BCUT2D eigenvalue weighted by molar-refractivity contribution is 4.74. The Labute approximate surface area is 152 Å². The molecule has 0 aromatic carbocycles. The van der Waals surface area contributed by atoms with Crippen LogP contribution < -0.4 is 0 Å². The van der Waals surface area contributed by atoms with Gasteiger partial charge in [0.2, 0.25) is 0 Å². The lowest BCUT2D eigenvalue weighted by molar-refractivity contribution is -0.0460. The summed E-state index contributed by atoms with van der Waals surface area (Å²) in [5, 5.41) is 0. The normalized spacial score (nSPS) is 21.2. The maximum Gasteiger partial charge on any atom is 0.0599 e. The van der Waals surface area contributed by atoms with Gasteiger partial charge in [-0.05, 0) is 38.5 Å². The van der Waals surface area contributed by atoms with Gasteiger partial charge in [0.25, 0.3) is 0 Å². The summed E-state index contributed by atoms with van der Waals surface area (Å²) >= 11 is 0. The summed E-state index contributed by atoms with van der Waals surface area (Å²) in [7, 11) is 0. The zero-order valence-corrected chi connectivity index (χ0v) is 16.7. The van der Waals surface area contributed by atoms with E-state index in [4.69, 9.17) is 9.47 Å². The zero-order chi connectivity index (χ0) is 17.3. The van der Waals surface area contributed by atoms with Crippen LogP contribution in [-0.4, -0.2) is 25.4 Å². The van der Waals surface area contributed by atoms with Crippen molar-refractivity contribution in [2.24, 2.45) is 0 Å². The summed E-state index contributed by atoms with van der Waals surface area (Å²) in [6.07, 6.45) is 22.0. The maximum absolute atomic E-state index is 6.11. The Morgan fingerprint density at radius 3 is 1.46 bits per heavy atom. The van der Waals surface area contributed by atoms with Gasteiger partial charge in [0.1, 0.15) is 0 Å². The highest BCUT2D eigenvalue weighted by atomic mass is 16.5. The fourth-order valence-corrected chi connectivity index (χ4v) is 3.67. The molecule has 1 aliphatic carbocycles. The lowest BCUT2D eigenvalue weighted by Crippen LogP contribution is -2.28. The van der Waals surface area contributed by atoms with Gasteiger partial charge in [-0.1, -0.05) is 78.1 Å². The Bertz CT molecular complexity index is 230. The van der Waals surface area contributed by atoms with Crippen molar-refractivity contribution in [3.63, 3.8) is 0 Å². The Balaban J connectivity index is 1.93. The van der Waals surface area contributed by atoms with E-state index in [1.54, 1.807) is 0 Å². The third-order valence-electron chi connectivity index (χ3n) is 5.28. The molecule has 0 saturated heterocycles. The number of ether oxygens (including phenoxy) is 2. The molecule has 0 aliphatic heterocycles. The Morgan fingerprint density at radius 1 is 0.583 bits per heavy atom. The number of unbranched alkanes of at least 4 members (excludes halogenated alkanes) is 10. The van der Waals surface area contributed by atoms with Gasteiger partial charge >= 0.3 is 0 Å². The average Bonchev–Trinajstić information content (AvgIpc) is 2.60. The summed E-state index contributed by atoms with van der Waals surface area (Å²) in [6.45, 7) is 6.47. The van der Waals surface area contributed by atoms with Crippen molar-refractivity contribution in [3.05, 3.63) is 0 Å². The molecule has 1 aliphatic rings. The molecular weight excluding hydrogens is 296 g/mol. The smallest absolute Gasteiger partial charge is 0.0599 e. The molecule has 1 rings (SSSR count). The predicted octanol–water partition coefficient (Wildman–Crippen LogP) is 7.05. The minimum atomic E-state index is 0.462. The van der Waals surface area contributed by atoms with E-state index < -0.39 is 0 Å². The van der Waals surface area contributed by atoms with Crippen LogP contribution in [0.3, 0.4) is 0 Å². The highest BCUT2D eigenvalue weighted by Gasteiger charge is 2.22. The van der Waals surface area contributed by atoms with Crippen LogP contribution in [0.15, 0.2) is 0 Å². The first-order valence-electron chi connectivity index (χ1n) is 11.1. The van der Waals surface area contributed by atoms with Crippen LogP contribution in [0.2, 0.25) is 0 Å². The van der Waals surface area contributed by atoms with E-state index in [1.165, 1.54) is 96.3 Å². The molecule has 2 heteroatoms. The molecule has 0 spiro atoms. The van der Waals surface area contributed by atoms with E-state index in [1.807, 2.05) is 0 Å². The Hall–Kier alpha value is -0.0800. The second kappa shape index (κ2) is 16.4. The topological polar surface area (TPSA) is 18.5 Å². The van der Waals surface area contributed by atoms with Crippen LogP contribution in [0.4, 0.5) is 0 Å². The second-order valence-electron chi connectivity index (χ2n) is 7.69. The molecule has 0 heterocycles. The molecule has 1 fully saturated rings. The van der Waals surface area contributed by atoms with Gasteiger partial charge in [0, 0.05) is 13.2 Å². The molecule has 0 aromatic heterocycles. The summed E-state index contributed by atoms with van der Waals surface area (Å²) in [5.74, 6) is 0. The van der Waals surface area contributed by atoms with Crippen molar-refractivity contribution in [2.45, 2.75) is 129 Å². The van der Waals surface area contributed by atoms with Gasteiger partial charge in [-0.2, -0.15) is 0 Å². The molecule has 2 atom stereocenters. The lowest BCUT2D eigenvalue weighted by Gasteiger charge is -2.29.